The van der Waals surface area contributed by atoms with Gasteiger partial charge in [0.25, 0.3) is 0 Å². The molecule has 0 spiro atoms. The number of halogens is 2. The average molecular weight is 365 g/mol. The van der Waals surface area contributed by atoms with Crippen LogP contribution >= 0.6 is 11.6 Å². The molecule has 0 radical (unpaired) electrons. The number of benzene rings is 2. The summed E-state index contributed by atoms with van der Waals surface area (Å²) < 4.78 is 18.9. The Balaban J connectivity index is 1.69. The molecule has 2 N–H and O–H groups in total. The van der Waals surface area contributed by atoms with Crippen molar-refractivity contribution >= 4 is 23.0 Å². The van der Waals surface area contributed by atoms with Crippen LogP contribution in [0.15, 0.2) is 42.5 Å². The molecule has 0 saturated heterocycles. The van der Waals surface area contributed by atoms with Crippen molar-refractivity contribution in [1.29, 1.82) is 0 Å². The third-order valence-electron chi connectivity index (χ3n) is 3.80. The third kappa shape index (κ3) is 7.22. The Bertz CT molecular complexity index is 651. The van der Waals surface area contributed by atoms with E-state index in [4.69, 9.17) is 16.3 Å². The molecule has 25 heavy (non-hydrogen) atoms. The average Bonchev–Trinajstić information content (AvgIpc) is 2.62. The van der Waals surface area contributed by atoms with E-state index in [0.717, 1.165) is 36.7 Å². The highest BCUT2D eigenvalue weighted by Gasteiger charge is 2.01. The maximum absolute atomic E-state index is 13.1. The van der Waals surface area contributed by atoms with Gasteiger partial charge in [0.15, 0.2) is 0 Å². The summed E-state index contributed by atoms with van der Waals surface area (Å²) in [7, 11) is 0. The maximum atomic E-state index is 13.1. The Morgan fingerprint density at radius 2 is 1.72 bits per heavy atom. The monoisotopic (exact) mass is 364 g/mol. The van der Waals surface area contributed by atoms with Crippen LogP contribution in [0.3, 0.4) is 0 Å². The first-order valence-corrected chi connectivity index (χ1v) is 9.22. The first-order chi connectivity index (χ1) is 12.2. The zero-order valence-corrected chi connectivity index (χ0v) is 15.4. The van der Waals surface area contributed by atoms with Gasteiger partial charge in [-0.05, 0) is 36.8 Å². The zero-order chi connectivity index (χ0) is 17.9. The molecule has 0 aliphatic rings. The van der Waals surface area contributed by atoms with Crippen molar-refractivity contribution in [1.82, 2.24) is 0 Å². The molecule has 2 rings (SSSR count). The summed E-state index contributed by atoms with van der Waals surface area (Å²) in [6.45, 7) is 4.39. The summed E-state index contributed by atoms with van der Waals surface area (Å²) in [5.41, 5.74) is 1.82. The van der Waals surface area contributed by atoms with Gasteiger partial charge in [-0.1, -0.05) is 43.9 Å². The van der Waals surface area contributed by atoms with Gasteiger partial charge in [0.1, 0.15) is 11.6 Å². The van der Waals surface area contributed by atoms with Crippen molar-refractivity contribution in [2.75, 3.05) is 30.3 Å². The van der Waals surface area contributed by atoms with Crippen LogP contribution in [0.2, 0.25) is 5.02 Å². The normalized spacial score (nSPS) is 10.5. The van der Waals surface area contributed by atoms with Crippen molar-refractivity contribution in [2.24, 2.45) is 0 Å². The van der Waals surface area contributed by atoms with E-state index in [9.17, 15) is 4.39 Å². The van der Waals surface area contributed by atoms with E-state index in [1.54, 1.807) is 12.1 Å². The minimum atomic E-state index is -0.406. The molecule has 2 aromatic carbocycles. The van der Waals surface area contributed by atoms with Crippen molar-refractivity contribution in [2.45, 2.75) is 32.6 Å². The van der Waals surface area contributed by atoms with Gasteiger partial charge in [-0.25, -0.2) is 4.39 Å². The molecule has 0 aliphatic heterocycles. The molecule has 0 heterocycles. The van der Waals surface area contributed by atoms with Crippen molar-refractivity contribution < 1.29 is 9.13 Å². The molecule has 0 unspecified atom stereocenters. The number of anilines is 2. The second kappa shape index (κ2) is 10.8. The lowest BCUT2D eigenvalue weighted by atomic mass is 10.2. The first-order valence-electron chi connectivity index (χ1n) is 8.84. The molecule has 0 aliphatic carbocycles. The Morgan fingerprint density at radius 3 is 2.44 bits per heavy atom. The summed E-state index contributed by atoms with van der Waals surface area (Å²) in [5.74, 6) is 0.483. The lowest BCUT2D eigenvalue weighted by Gasteiger charge is -2.11. The molecule has 3 nitrogen and oxygen atoms in total. The largest absolute Gasteiger partial charge is 0.494 e. The first kappa shape index (κ1) is 19.4. The lowest BCUT2D eigenvalue weighted by molar-refractivity contribution is 0.305. The maximum Gasteiger partial charge on any atom is 0.141 e. The van der Waals surface area contributed by atoms with Crippen LogP contribution in [0.25, 0.3) is 0 Å². The van der Waals surface area contributed by atoms with Gasteiger partial charge in [0.05, 0.1) is 11.6 Å². The number of hydrogen-bond acceptors (Lipinski definition) is 3. The Hall–Kier alpha value is -1.94. The van der Waals surface area contributed by atoms with Gasteiger partial charge >= 0.3 is 0 Å². The number of nitrogens with one attached hydrogen (secondary N) is 2. The fraction of sp³-hybridized carbons (Fsp3) is 0.400. The summed E-state index contributed by atoms with van der Waals surface area (Å²) in [6, 6.07) is 12.6. The van der Waals surface area contributed by atoms with E-state index >= 15 is 0 Å². The van der Waals surface area contributed by atoms with E-state index < -0.39 is 5.82 Å². The van der Waals surface area contributed by atoms with Gasteiger partial charge in [-0.2, -0.15) is 0 Å². The Morgan fingerprint density at radius 1 is 0.960 bits per heavy atom. The number of unbranched alkanes of at least 4 members (excludes halogenated alkanes) is 3. The lowest BCUT2D eigenvalue weighted by Crippen LogP contribution is -2.13. The van der Waals surface area contributed by atoms with Gasteiger partial charge in [0.2, 0.25) is 0 Å². The molecule has 0 amide bonds. The van der Waals surface area contributed by atoms with Gasteiger partial charge in [-0.3, -0.25) is 0 Å². The van der Waals surface area contributed by atoms with E-state index in [1.807, 2.05) is 24.3 Å². The van der Waals surface area contributed by atoms with Crippen molar-refractivity contribution in [3.05, 3.63) is 53.3 Å². The molecule has 0 bridgehead atoms. The Labute approximate surface area is 154 Å². The summed E-state index contributed by atoms with van der Waals surface area (Å²) in [4.78, 5) is 0. The summed E-state index contributed by atoms with van der Waals surface area (Å²) in [5, 5.41) is 6.68. The quantitative estimate of drug-likeness (QED) is 0.482. The highest BCUT2D eigenvalue weighted by atomic mass is 35.5. The fourth-order valence-corrected chi connectivity index (χ4v) is 2.62. The number of ether oxygens (including phenoxy) is 1. The molecule has 2 aromatic rings. The topological polar surface area (TPSA) is 33.3 Å². The van der Waals surface area contributed by atoms with E-state index in [2.05, 4.69) is 17.6 Å². The molecule has 0 atom stereocenters. The SMILES string of the molecule is CCCCCCOc1cccc(NCCNc2ccc(F)c(Cl)c2)c1. The second-order valence-electron chi connectivity index (χ2n) is 5.92. The van der Waals surface area contributed by atoms with Crippen molar-refractivity contribution in [3.63, 3.8) is 0 Å². The molecular formula is C20H26ClFN2O. The third-order valence-corrected chi connectivity index (χ3v) is 4.09. The number of rotatable bonds is 11. The molecule has 0 fully saturated rings. The molecular weight excluding hydrogens is 339 g/mol. The van der Waals surface area contributed by atoms with Gasteiger partial charge in [0, 0.05) is 30.5 Å². The van der Waals surface area contributed by atoms with Crippen LogP contribution < -0.4 is 15.4 Å². The van der Waals surface area contributed by atoms with Crippen LogP contribution in [0.4, 0.5) is 15.8 Å². The van der Waals surface area contributed by atoms with E-state index in [-0.39, 0.29) is 5.02 Å². The molecule has 136 valence electrons. The van der Waals surface area contributed by atoms with Crippen LogP contribution in [0.5, 0.6) is 5.75 Å². The minimum Gasteiger partial charge on any atom is -0.494 e. The predicted molar refractivity (Wildman–Crippen MR) is 104 cm³/mol. The standard InChI is InChI=1S/C20H26ClFN2O/c1-2-3-4-5-13-25-18-8-6-7-16(14-18)23-11-12-24-17-9-10-20(22)19(21)15-17/h6-10,14-15,23-24H,2-5,11-13H2,1H3. The van der Waals surface area contributed by atoms with Crippen molar-refractivity contribution in [3.8, 4) is 5.75 Å². The smallest absolute Gasteiger partial charge is 0.141 e. The highest BCUT2D eigenvalue weighted by Crippen LogP contribution is 2.20. The second-order valence-corrected chi connectivity index (χ2v) is 6.33. The van der Waals surface area contributed by atoms with Crippen LogP contribution in [-0.2, 0) is 0 Å². The number of hydrogen-bond donors (Lipinski definition) is 2. The molecule has 0 aromatic heterocycles. The van der Waals surface area contributed by atoms with Crippen LogP contribution in [0, 0.1) is 5.82 Å². The highest BCUT2D eigenvalue weighted by molar-refractivity contribution is 6.31. The summed E-state index contributed by atoms with van der Waals surface area (Å²) >= 11 is 5.77. The fourth-order valence-electron chi connectivity index (χ4n) is 2.43. The van der Waals surface area contributed by atoms with E-state index in [1.165, 1.54) is 25.3 Å². The minimum absolute atomic E-state index is 0.127. The van der Waals surface area contributed by atoms with Gasteiger partial charge in [-0.15, -0.1) is 0 Å². The predicted octanol–water partition coefficient (Wildman–Crippen LogP) is 5.96. The molecule has 5 heteroatoms. The molecule has 0 saturated carbocycles. The van der Waals surface area contributed by atoms with Crippen LogP contribution in [-0.4, -0.2) is 19.7 Å². The summed E-state index contributed by atoms with van der Waals surface area (Å²) in [6.07, 6.45) is 4.80. The van der Waals surface area contributed by atoms with Crippen LogP contribution in [0.1, 0.15) is 32.6 Å². The van der Waals surface area contributed by atoms with E-state index in [0.29, 0.717) is 6.54 Å². The zero-order valence-electron chi connectivity index (χ0n) is 14.7. The Kier molecular flexibility index (Phi) is 8.40. The van der Waals surface area contributed by atoms with Gasteiger partial charge < -0.3 is 15.4 Å².